The number of amides is 1. The number of anilines is 2. The fourth-order valence-electron chi connectivity index (χ4n) is 2.27. The molecule has 0 atom stereocenters. The first-order valence-corrected chi connectivity index (χ1v) is 7.92. The molecule has 0 aliphatic rings. The Morgan fingerprint density at radius 1 is 0.880 bits per heavy atom. The summed E-state index contributed by atoms with van der Waals surface area (Å²) in [7, 11) is 5.61. The zero-order chi connectivity index (χ0) is 18.4. The summed E-state index contributed by atoms with van der Waals surface area (Å²) in [5.74, 6) is -0.215. The molecule has 2 aromatic carbocycles. The molecule has 1 amide bonds. The second-order valence-corrected chi connectivity index (χ2v) is 5.83. The molecule has 0 aliphatic heterocycles. The predicted octanol–water partition coefficient (Wildman–Crippen LogP) is 3.80. The minimum Gasteiger partial charge on any atom is -0.378 e. The molecule has 0 heterocycles. The second-order valence-electron chi connectivity index (χ2n) is 5.83. The van der Waals surface area contributed by atoms with Crippen LogP contribution in [0.15, 0.2) is 67.3 Å². The molecule has 0 unspecified atom stereocenters. The van der Waals surface area contributed by atoms with Crippen LogP contribution in [0.25, 0.3) is 6.08 Å². The van der Waals surface area contributed by atoms with E-state index >= 15 is 0 Å². The van der Waals surface area contributed by atoms with Crippen molar-refractivity contribution in [1.29, 1.82) is 0 Å². The van der Waals surface area contributed by atoms with Gasteiger partial charge in [0, 0.05) is 38.1 Å². The molecule has 0 spiro atoms. The Balaban J connectivity index is 2.07. The van der Waals surface area contributed by atoms with Gasteiger partial charge in [-0.1, -0.05) is 24.8 Å². The monoisotopic (exact) mass is 334 g/mol. The van der Waals surface area contributed by atoms with Crippen molar-refractivity contribution in [3.63, 3.8) is 0 Å². The maximum Gasteiger partial charge on any atom is 0.250 e. The molecule has 0 saturated heterocycles. The van der Waals surface area contributed by atoms with E-state index in [4.69, 9.17) is 0 Å². The first-order valence-electron chi connectivity index (χ1n) is 7.92. The quantitative estimate of drug-likeness (QED) is 0.596. The van der Waals surface area contributed by atoms with Gasteiger partial charge in [0.15, 0.2) is 5.78 Å². The summed E-state index contributed by atoms with van der Waals surface area (Å²) >= 11 is 0. The van der Waals surface area contributed by atoms with Gasteiger partial charge in [0.25, 0.3) is 0 Å². The van der Waals surface area contributed by atoms with Crippen molar-refractivity contribution in [3.8, 4) is 0 Å². The molecule has 4 nitrogen and oxygen atoms in total. The van der Waals surface area contributed by atoms with Gasteiger partial charge in [-0.3, -0.25) is 9.59 Å². The van der Waals surface area contributed by atoms with Gasteiger partial charge in [0.1, 0.15) is 0 Å². The largest absolute Gasteiger partial charge is 0.378 e. The Hall–Kier alpha value is -3.14. The van der Waals surface area contributed by atoms with Crippen LogP contribution in [0, 0.1) is 0 Å². The predicted molar refractivity (Wildman–Crippen MR) is 104 cm³/mol. The molecule has 2 aromatic rings. The van der Waals surface area contributed by atoms with Gasteiger partial charge in [-0.15, -0.1) is 0 Å². The van der Waals surface area contributed by atoms with Crippen molar-refractivity contribution >= 4 is 29.1 Å². The van der Waals surface area contributed by atoms with Gasteiger partial charge in [-0.2, -0.15) is 0 Å². The van der Waals surface area contributed by atoms with Crippen molar-refractivity contribution in [2.24, 2.45) is 0 Å². The Labute approximate surface area is 148 Å². The highest BCUT2D eigenvalue weighted by atomic mass is 16.2. The van der Waals surface area contributed by atoms with Crippen molar-refractivity contribution in [2.45, 2.75) is 0 Å². The van der Waals surface area contributed by atoms with Gasteiger partial charge >= 0.3 is 0 Å². The molecule has 25 heavy (non-hydrogen) atoms. The summed E-state index contributed by atoms with van der Waals surface area (Å²) in [5, 5.41) is 0. The van der Waals surface area contributed by atoms with E-state index in [1.54, 1.807) is 19.2 Å². The minimum absolute atomic E-state index is 0.0478. The lowest BCUT2D eigenvalue weighted by Gasteiger charge is -2.15. The van der Waals surface area contributed by atoms with Crippen LogP contribution >= 0.6 is 0 Å². The second kappa shape index (κ2) is 8.11. The van der Waals surface area contributed by atoms with Crippen LogP contribution in [0.1, 0.15) is 15.9 Å². The molecule has 0 saturated carbocycles. The number of allylic oxidation sites excluding steroid dienone is 1. The van der Waals surface area contributed by atoms with Crippen LogP contribution in [-0.2, 0) is 4.79 Å². The number of carbonyl (C=O) groups is 2. The van der Waals surface area contributed by atoms with Crippen molar-refractivity contribution in [1.82, 2.24) is 0 Å². The zero-order valence-corrected chi connectivity index (χ0v) is 14.8. The van der Waals surface area contributed by atoms with Gasteiger partial charge in [-0.05, 0) is 54.1 Å². The number of carbonyl (C=O) groups excluding carboxylic acids is 2. The number of hydrogen-bond acceptors (Lipinski definition) is 3. The third-order valence-electron chi connectivity index (χ3n) is 3.88. The number of benzene rings is 2. The maximum absolute atomic E-state index is 12.2. The maximum atomic E-state index is 12.2. The third kappa shape index (κ3) is 4.67. The first-order chi connectivity index (χ1) is 11.9. The molecule has 0 bridgehead atoms. The number of nitrogens with zero attached hydrogens (tertiary/aromatic N) is 2. The average molecular weight is 334 g/mol. The fraction of sp³-hybridized carbons (Fsp3) is 0.143. The molecule has 0 radical (unpaired) electrons. The Bertz CT molecular complexity index is 788. The SMILES string of the molecule is C=CC(=O)N(C)c1ccc(C=CC(=O)c2ccc(N(C)C)cc2)cc1. The number of likely N-dealkylation sites (N-methyl/N-ethyl adjacent to an activating group) is 1. The van der Waals surface area contributed by atoms with Crippen LogP contribution in [0.4, 0.5) is 11.4 Å². The highest BCUT2D eigenvalue weighted by Crippen LogP contribution is 2.16. The molecule has 0 N–H and O–H groups in total. The fourth-order valence-corrected chi connectivity index (χ4v) is 2.27. The lowest BCUT2D eigenvalue weighted by Crippen LogP contribution is -2.23. The molecule has 2 rings (SSSR count). The number of rotatable bonds is 6. The lowest BCUT2D eigenvalue weighted by atomic mass is 10.1. The lowest BCUT2D eigenvalue weighted by molar-refractivity contribution is -0.113. The normalized spacial score (nSPS) is 10.5. The molecular weight excluding hydrogens is 312 g/mol. The Morgan fingerprint density at radius 2 is 1.44 bits per heavy atom. The summed E-state index contributed by atoms with van der Waals surface area (Å²) in [4.78, 5) is 27.3. The van der Waals surface area contributed by atoms with E-state index < -0.39 is 0 Å². The molecule has 0 fully saturated rings. The van der Waals surface area contributed by atoms with Gasteiger partial charge in [0.05, 0.1) is 0 Å². The molecular formula is C21H22N2O2. The summed E-state index contributed by atoms with van der Waals surface area (Å²) in [6.07, 6.45) is 4.59. The summed E-state index contributed by atoms with van der Waals surface area (Å²) < 4.78 is 0. The van der Waals surface area contributed by atoms with Crippen molar-refractivity contribution in [3.05, 3.63) is 78.4 Å². The van der Waals surface area contributed by atoms with E-state index in [0.717, 1.165) is 16.9 Å². The standard InChI is InChI=1S/C21H22N2O2/c1-5-21(25)23(4)19-11-6-16(7-12-19)8-15-20(24)17-9-13-18(14-10-17)22(2)3/h5-15H,1H2,2-4H3. The highest BCUT2D eigenvalue weighted by Gasteiger charge is 2.06. The van der Waals surface area contributed by atoms with Crippen LogP contribution in [0.5, 0.6) is 0 Å². The van der Waals surface area contributed by atoms with Gasteiger partial charge in [-0.25, -0.2) is 0 Å². The smallest absolute Gasteiger partial charge is 0.250 e. The zero-order valence-electron chi connectivity index (χ0n) is 14.8. The van der Waals surface area contributed by atoms with E-state index in [2.05, 4.69) is 6.58 Å². The number of hydrogen-bond donors (Lipinski definition) is 0. The van der Waals surface area contributed by atoms with Crippen molar-refractivity contribution < 1.29 is 9.59 Å². The van der Waals surface area contributed by atoms with E-state index in [0.29, 0.717) is 5.56 Å². The first kappa shape index (κ1) is 18.2. The third-order valence-corrected chi connectivity index (χ3v) is 3.88. The minimum atomic E-state index is -0.167. The Kier molecular flexibility index (Phi) is 5.90. The Morgan fingerprint density at radius 3 is 1.96 bits per heavy atom. The van der Waals surface area contributed by atoms with Gasteiger partial charge < -0.3 is 9.80 Å². The van der Waals surface area contributed by atoms with E-state index in [-0.39, 0.29) is 11.7 Å². The topological polar surface area (TPSA) is 40.6 Å². The van der Waals surface area contributed by atoms with Crippen molar-refractivity contribution in [2.75, 3.05) is 30.9 Å². The number of ketones is 1. The van der Waals surface area contributed by atoms with Crippen LogP contribution in [0.2, 0.25) is 0 Å². The van der Waals surface area contributed by atoms with E-state index in [1.807, 2.05) is 67.5 Å². The van der Waals surface area contributed by atoms with Crippen LogP contribution in [-0.4, -0.2) is 32.8 Å². The molecule has 128 valence electrons. The van der Waals surface area contributed by atoms with E-state index in [9.17, 15) is 9.59 Å². The average Bonchev–Trinajstić information content (AvgIpc) is 2.65. The van der Waals surface area contributed by atoms with Crippen LogP contribution in [0.3, 0.4) is 0 Å². The van der Waals surface area contributed by atoms with Gasteiger partial charge in [0.2, 0.25) is 5.91 Å². The molecule has 0 aliphatic carbocycles. The molecule has 4 heteroatoms. The summed E-state index contributed by atoms with van der Waals surface area (Å²) in [6, 6.07) is 14.9. The highest BCUT2D eigenvalue weighted by molar-refractivity contribution is 6.07. The molecule has 0 aromatic heterocycles. The van der Waals surface area contributed by atoms with Crippen LogP contribution < -0.4 is 9.80 Å². The summed E-state index contributed by atoms with van der Waals surface area (Å²) in [5.41, 5.74) is 3.36. The summed E-state index contributed by atoms with van der Waals surface area (Å²) in [6.45, 7) is 3.47. The van der Waals surface area contributed by atoms with E-state index in [1.165, 1.54) is 11.0 Å².